The summed E-state index contributed by atoms with van der Waals surface area (Å²) in [7, 11) is 0. The molecule has 0 saturated carbocycles. The molecule has 0 aliphatic carbocycles. The van der Waals surface area contributed by atoms with Crippen molar-refractivity contribution in [2.75, 3.05) is 13.1 Å². The summed E-state index contributed by atoms with van der Waals surface area (Å²) in [5.41, 5.74) is 5.99. The molecule has 4 rings (SSSR count). The second-order valence-electron chi connectivity index (χ2n) is 9.34. The second-order valence-corrected chi connectivity index (χ2v) is 9.34. The summed E-state index contributed by atoms with van der Waals surface area (Å²) in [5.74, 6) is 6.22. The fraction of sp³-hybridized carbons (Fsp3) is 0.353. The molecule has 35 heavy (non-hydrogen) atoms. The highest BCUT2D eigenvalue weighted by Gasteiger charge is 2.24. The van der Waals surface area contributed by atoms with E-state index in [4.69, 9.17) is 0 Å². The number of benzene rings is 3. The van der Waals surface area contributed by atoms with Crippen molar-refractivity contribution in [1.29, 1.82) is 0 Å². The molecule has 0 bridgehead atoms. The predicted octanol–water partition coefficient (Wildman–Crippen LogP) is 8.47. The van der Waals surface area contributed by atoms with Crippen molar-refractivity contribution in [3.05, 3.63) is 119 Å². The Morgan fingerprint density at radius 3 is 1.80 bits per heavy atom. The highest BCUT2D eigenvalue weighted by molar-refractivity contribution is 5.42. The van der Waals surface area contributed by atoms with E-state index in [0.717, 1.165) is 23.6 Å². The molecule has 1 saturated heterocycles. The van der Waals surface area contributed by atoms with E-state index >= 15 is 0 Å². The molecule has 1 heteroatoms. The summed E-state index contributed by atoms with van der Waals surface area (Å²) in [6.07, 6.45) is 6.52. The molecule has 0 spiro atoms. The topological polar surface area (TPSA) is 3.24 Å². The number of rotatable bonds is 6. The van der Waals surface area contributed by atoms with Crippen LogP contribution in [0, 0.1) is 18.8 Å². The third-order valence-electron chi connectivity index (χ3n) is 6.06. The van der Waals surface area contributed by atoms with Crippen molar-refractivity contribution in [3.63, 3.8) is 0 Å². The fourth-order valence-electron chi connectivity index (χ4n) is 3.85. The zero-order chi connectivity index (χ0) is 25.3. The Bertz CT molecular complexity index is 977. The van der Waals surface area contributed by atoms with Gasteiger partial charge in [0.2, 0.25) is 0 Å². The van der Waals surface area contributed by atoms with Crippen molar-refractivity contribution in [2.24, 2.45) is 0 Å². The molecule has 1 fully saturated rings. The lowest BCUT2D eigenvalue weighted by molar-refractivity contribution is 0.0862. The summed E-state index contributed by atoms with van der Waals surface area (Å²) in [5, 5.41) is 0. The Labute approximate surface area is 214 Å². The first kappa shape index (κ1) is 28.2. The first-order chi connectivity index (χ1) is 17.0. The minimum absolute atomic E-state index is 0.937. The molecule has 1 aliphatic rings. The number of hydrogen-bond acceptors (Lipinski definition) is 1. The number of allylic oxidation sites excluding steroid dienone is 1. The van der Waals surface area contributed by atoms with Crippen LogP contribution in [0.2, 0.25) is 0 Å². The van der Waals surface area contributed by atoms with Gasteiger partial charge in [-0.2, -0.15) is 0 Å². The van der Waals surface area contributed by atoms with Crippen LogP contribution < -0.4 is 0 Å². The van der Waals surface area contributed by atoms with Crippen LogP contribution >= 0.6 is 0 Å². The molecule has 0 amide bonds. The van der Waals surface area contributed by atoms with Gasteiger partial charge in [-0.15, -0.1) is 0 Å². The minimum atomic E-state index is 0.937. The Balaban J connectivity index is 0.000000189. The van der Waals surface area contributed by atoms with Gasteiger partial charge in [0.15, 0.2) is 0 Å². The molecular weight excluding hydrogens is 422 g/mol. The van der Waals surface area contributed by atoms with E-state index in [-0.39, 0.29) is 0 Å². The van der Waals surface area contributed by atoms with E-state index < -0.39 is 0 Å². The van der Waals surface area contributed by atoms with Gasteiger partial charge < -0.3 is 4.90 Å². The van der Waals surface area contributed by atoms with Crippen molar-refractivity contribution in [1.82, 2.24) is 4.90 Å². The lowest BCUT2D eigenvalue weighted by Crippen LogP contribution is -2.47. The van der Waals surface area contributed by atoms with E-state index in [2.05, 4.69) is 75.3 Å². The largest absolute Gasteiger partial charge is 0.300 e. The first-order valence-electron chi connectivity index (χ1n) is 13.1. The maximum Gasteiger partial charge on any atom is 0.0249 e. The van der Waals surface area contributed by atoms with Crippen LogP contribution in [0.25, 0.3) is 0 Å². The normalized spacial score (nSPS) is 14.1. The monoisotopic (exact) mass is 465 g/mol. The molecule has 3 aromatic rings. The highest BCUT2D eigenvalue weighted by Crippen LogP contribution is 2.20. The zero-order valence-corrected chi connectivity index (χ0v) is 22.3. The average molecular weight is 466 g/mol. The standard InChI is InChI=1S/C14H10.C11H14.C9H19N/c1-3-7-13(8-4-1)11-12-14-9-5-2-6-10-14;1-9(2)8-11-6-4-10(3)5-7-11;1-3-5-7-10-8-6-9(10)4-2/h1-10H;4-7H,1,8H2,2-3H3;9H,3-8H2,1-2H3. The Hall–Kier alpha value is -3.08. The molecule has 3 aromatic carbocycles. The summed E-state index contributed by atoms with van der Waals surface area (Å²) < 4.78 is 0. The van der Waals surface area contributed by atoms with E-state index in [1.165, 1.54) is 55.5 Å². The second kappa shape index (κ2) is 16.5. The van der Waals surface area contributed by atoms with Crippen LogP contribution in [-0.2, 0) is 6.42 Å². The summed E-state index contributed by atoms with van der Waals surface area (Å²) >= 11 is 0. The molecule has 0 aromatic heterocycles. The van der Waals surface area contributed by atoms with E-state index in [0.29, 0.717) is 0 Å². The molecule has 1 heterocycles. The highest BCUT2D eigenvalue weighted by atomic mass is 15.2. The number of hydrogen-bond donors (Lipinski definition) is 0. The maximum absolute atomic E-state index is 3.87. The first-order valence-corrected chi connectivity index (χ1v) is 13.1. The van der Waals surface area contributed by atoms with Crippen molar-refractivity contribution >= 4 is 0 Å². The van der Waals surface area contributed by atoms with Crippen LogP contribution in [0.4, 0.5) is 0 Å². The van der Waals surface area contributed by atoms with Crippen LogP contribution in [0.3, 0.4) is 0 Å². The molecule has 1 unspecified atom stereocenters. The van der Waals surface area contributed by atoms with Gasteiger partial charge in [-0.25, -0.2) is 0 Å². The Kier molecular flexibility index (Phi) is 13.3. The van der Waals surface area contributed by atoms with Crippen LogP contribution in [0.5, 0.6) is 0 Å². The van der Waals surface area contributed by atoms with Crippen LogP contribution in [-0.4, -0.2) is 24.0 Å². The lowest BCUT2D eigenvalue weighted by atomic mass is 10.0. The molecule has 0 radical (unpaired) electrons. The van der Waals surface area contributed by atoms with Crippen LogP contribution in [0.1, 0.15) is 68.7 Å². The van der Waals surface area contributed by atoms with Gasteiger partial charge in [0.25, 0.3) is 0 Å². The quantitative estimate of drug-likeness (QED) is 0.261. The lowest BCUT2D eigenvalue weighted by Gasteiger charge is -2.40. The predicted molar refractivity (Wildman–Crippen MR) is 154 cm³/mol. The molecule has 1 aliphatic heterocycles. The van der Waals surface area contributed by atoms with E-state index in [1.807, 2.05) is 60.7 Å². The molecule has 184 valence electrons. The maximum atomic E-state index is 3.87. The smallest absolute Gasteiger partial charge is 0.0249 e. The fourth-order valence-corrected chi connectivity index (χ4v) is 3.85. The SMILES string of the molecule is C(#Cc1ccccc1)c1ccccc1.C=C(C)Cc1ccc(C)cc1.CCCCN1CCC1CC. The molecule has 1 nitrogen and oxygen atoms in total. The third-order valence-corrected chi connectivity index (χ3v) is 6.06. The van der Waals surface area contributed by atoms with E-state index in [1.54, 1.807) is 0 Å². The Morgan fingerprint density at radius 2 is 1.40 bits per heavy atom. The summed E-state index contributed by atoms with van der Waals surface area (Å²) in [6.45, 7) is 15.3. The molecular formula is C34H43N. The van der Waals surface area contributed by atoms with Gasteiger partial charge in [-0.1, -0.05) is 110 Å². The van der Waals surface area contributed by atoms with Crippen molar-refractivity contribution < 1.29 is 0 Å². The number of nitrogens with zero attached hydrogens (tertiary/aromatic N) is 1. The van der Waals surface area contributed by atoms with Gasteiger partial charge in [0.1, 0.15) is 0 Å². The number of aryl methyl sites for hydroxylation is 1. The minimum Gasteiger partial charge on any atom is -0.300 e. The summed E-state index contributed by atoms with van der Waals surface area (Å²) in [6, 6.07) is 29.5. The van der Waals surface area contributed by atoms with Gasteiger partial charge in [-0.05, 0) is 82.4 Å². The van der Waals surface area contributed by atoms with Gasteiger partial charge in [-0.3, -0.25) is 0 Å². The summed E-state index contributed by atoms with van der Waals surface area (Å²) in [4.78, 5) is 2.61. The van der Waals surface area contributed by atoms with Gasteiger partial charge in [0, 0.05) is 17.2 Å². The van der Waals surface area contributed by atoms with Crippen molar-refractivity contribution in [2.45, 2.75) is 65.8 Å². The number of likely N-dealkylation sites (tertiary alicyclic amines) is 1. The number of unbranched alkanes of at least 4 members (excludes halogenated alkanes) is 1. The van der Waals surface area contributed by atoms with Gasteiger partial charge >= 0.3 is 0 Å². The molecule has 0 N–H and O–H groups in total. The van der Waals surface area contributed by atoms with E-state index in [9.17, 15) is 0 Å². The van der Waals surface area contributed by atoms with Crippen LogP contribution in [0.15, 0.2) is 97.1 Å². The van der Waals surface area contributed by atoms with Crippen molar-refractivity contribution in [3.8, 4) is 11.8 Å². The average Bonchev–Trinajstić information content (AvgIpc) is 2.86. The third kappa shape index (κ3) is 11.7. The zero-order valence-electron chi connectivity index (χ0n) is 22.3. The van der Waals surface area contributed by atoms with Gasteiger partial charge in [0.05, 0.1) is 0 Å². The molecule has 1 atom stereocenters. The Morgan fingerprint density at radius 1 is 0.857 bits per heavy atom.